The first-order chi connectivity index (χ1) is 13.1. The van der Waals surface area contributed by atoms with Crippen molar-refractivity contribution in [1.29, 1.82) is 0 Å². The summed E-state index contributed by atoms with van der Waals surface area (Å²) in [6.07, 6.45) is -10.0. The second kappa shape index (κ2) is 9.04. The third-order valence-electron chi connectivity index (χ3n) is 3.09. The van der Waals surface area contributed by atoms with Gasteiger partial charge in [0.15, 0.2) is 11.6 Å². The van der Waals surface area contributed by atoms with E-state index < -0.39 is 62.5 Å². The Morgan fingerprint density at radius 2 is 1.14 bits per heavy atom. The molecule has 0 aliphatic carbocycles. The molecule has 0 bridgehead atoms. The Morgan fingerprint density at radius 1 is 0.655 bits per heavy atom. The van der Waals surface area contributed by atoms with Crippen LogP contribution in [0.15, 0.2) is 30.3 Å². The number of halogens is 11. The van der Waals surface area contributed by atoms with Crippen LogP contribution in [0.25, 0.3) is 0 Å². The molecule has 29 heavy (non-hydrogen) atoms. The van der Waals surface area contributed by atoms with Crippen LogP contribution in [0.5, 0.6) is 0 Å². The van der Waals surface area contributed by atoms with Gasteiger partial charge in [-0.1, -0.05) is 0 Å². The summed E-state index contributed by atoms with van der Waals surface area (Å²) in [6.45, 7) is 0. The third-order valence-corrected chi connectivity index (χ3v) is 3.49. The van der Waals surface area contributed by atoms with E-state index in [0.29, 0.717) is 18.2 Å². The van der Waals surface area contributed by atoms with Crippen molar-refractivity contribution in [3.05, 3.63) is 70.0 Å². The molecule has 0 atom stereocenters. The monoisotopic (exact) mass is 470 g/mol. The van der Waals surface area contributed by atoms with Gasteiger partial charge in [0.25, 0.3) is 10.5 Å². The SMILES string of the molecule is O=C(Cl)c1cc(F)c(F)cc1F.O=C(Cl)c1ccc(C(F)(F)F)cc1C(F)(F)F. The minimum atomic E-state index is -5.08. The fraction of sp³-hybridized carbons (Fsp3) is 0.125. The van der Waals surface area contributed by atoms with Crippen molar-refractivity contribution in [2.45, 2.75) is 12.4 Å². The van der Waals surface area contributed by atoms with Crippen LogP contribution in [0.4, 0.5) is 39.5 Å². The van der Waals surface area contributed by atoms with Gasteiger partial charge in [-0.15, -0.1) is 0 Å². The summed E-state index contributed by atoms with van der Waals surface area (Å²) in [5, 5.41) is -2.63. The number of hydrogen-bond donors (Lipinski definition) is 0. The molecule has 0 aliphatic rings. The van der Waals surface area contributed by atoms with Gasteiger partial charge in [-0.2, -0.15) is 26.3 Å². The maximum atomic E-state index is 12.6. The molecule has 0 unspecified atom stereocenters. The largest absolute Gasteiger partial charge is 0.417 e. The molecule has 0 spiro atoms. The van der Waals surface area contributed by atoms with Crippen LogP contribution >= 0.6 is 23.2 Å². The topological polar surface area (TPSA) is 34.1 Å². The van der Waals surface area contributed by atoms with Crippen LogP contribution in [-0.2, 0) is 12.4 Å². The average molecular weight is 471 g/mol. The molecule has 2 rings (SSSR count). The van der Waals surface area contributed by atoms with Crippen molar-refractivity contribution in [2.24, 2.45) is 0 Å². The average Bonchev–Trinajstić information content (AvgIpc) is 2.56. The van der Waals surface area contributed by atoms with Crippen LogP contribution in [0.1, 0.15) is 31.8 Å². The van der Waals surface area contributed by atoms with E-state index in [-0.39, 0.29) is 12.1 Å². The Hall–Kier alpha value is -2.27. The standard InChI is InChI=1S/C9H3ClF6O.C7H2ClF3O/c10-7(17)5-2-1-4(8(11,12)13)3-6(5)9(14,15)16;8-7(12)3-1-5(10)6(11)2-4(3)9/h1-3H;1-2H. The van der Waals surface area contributed by atoms with E-state index in [1.807, 2.05) is 0 Å². The Kier molecular flexibility index (Phi) is 7.72. The Morgan fingerprint density at radius 3 is 1.55 bits per heavy atom. The third kappa shape index (κ3) is 6.64. The van der Waals surface area contributed by atoms with E-state index in [9.17, 15) is 49.1 Å². The summed E-state index contributed by atoms with van der Waals surface area (Å²) in [4.78, 5) is 21.0. The lowest BCUT2D eigenvalue weighted by Gasteiger charge is -2.13. The highest BCUT2D eigenvalue weighted by molar-refractivity contribution is 6.68. The van der Waals surface area contributed by atoms with Gasteiger partial charge in [0, 0.05) is 11.6 Å². The zero-order chi connectivity index (χ0) is 22.7. The number of hydrogen-bond acceptors (Lipinski definition) is 2. The number of carbonyl (C=O) groups is 2. The zero-order valence-electron chi connectivity index (χ0n) is 13.4. The lowest BCUT2D eigenvalue weighted by molar-refractivity contribution is -0.143. The van der Waals surface area contributed by atoms with Crippen LogP contribution in [0, 0.1) is 17.5 Å². The van der Waals surface area contributed by atoms with Gasteiger partial charge in [-0.25, -0.2) is 13.2 Å². The summed E-state index contributed by atoms with van der Waals surface area (Å²) in [5.41, 5.74) is -4.87. The van der Waals surface area contributed by atoms with Crippen molar-refractivity contribution in [3.8, 4) is 0 Å². The summed E-state index contributed by atoms with van der Waals surface area (Å²) in [6, 6.07) is 1.31. The molecule has 2 aromatic rings. The molecule has 0 saturated carbocycles. The van der Waals surface area contributed by atoms with Crippen molar-refractivity contribution >= 4 is 33.7 Å². The van der Waals surface area contributed by atoms with Gasteiger partial charge in [0.05, 0.1) is 16.7 Å². The molecular weight excluding hydrogens is 466 g/mol. The maximum Gasteiger partial charge on any atom is 0.417 e. The van der Waals surface area contributed by atoms with Gasteiger partial charge >= 0.3 is 12.4 Å². The highest BCUT2D eigenvalue weighted by Gasteiger charge is 2.39. The van der Waals surface area contributed by atoms with E-state index >= 15 is 0 Å². The highest BCUT2D eigenvalue weighted by Crippen LogP contribution is 2.37. The van der Waals surface area contributed by atoms with E-state index in [1.165, 1.54) is 0 Å². The molecule has 0 heterocycles. The molecule has 0 radical (unpaired) electrons. The van der Waals surface area contributed by atoms with Gasteiger partial charge < -0.3 is 0 Å². The van der Waals surface area contributed by atoms with Crippen molar-refractivity contribution in [1.82, 2.24) is 0 Å². The predicted molar refractivity (Wildman–Crippen MR) is 83.1 cm³/mol. The first-order valence-electron chi connectivity index (χ1n) is 6.88. The lowest BCUT2D eigenvalue weighted by atomic mass is 10.0. The zero-order valence-corrected chi connectivity index (χ0v) is 14.9. The summed E-state index contributed by atoms with van der Waals surface area (Å²) >= 11 is 9.73. The van der Waals surface area contributed by atoms with Gasteiger partial charge in [0.1, 0.15) is 5.82 Å². The quantitative estimate of drug-likeness (QED) is 0.282. The number of benzene rings is 2. The van der Waals surface area contributed by atoms with Crippen LogP contribution < -0.4 is 0 Å². The predicted octanol–water partition coefficient (Wildman–Crippen LogP) is 6.59. The summed E-state index contributed by atoms with van der Waals surface area (Å²) < 4.78 is 111. The van der Waals surface area contributed by atoms with Gasteiger partial charge in [0.2, 0.25) is 0 Å². The smallest absolute Gasteiger partial charge is 0.276 e. The van der Waals surface area contributed by atoms with Gasteiger partial charge in [-0.3, -0.25) is 9.59 Å². The molecule has 2 nitrogen and oxygen atoms in total. The van der Waals surface area contributed by atoms with E-state index in [4.69, 9.17) is 23.2 Å². The minimum absolute atomic E-state index is 0.143. The molecule has 0 amide bonds. The number of carbonyl (C=O) groups excluding carboxylic acids is 2. The molecule has 0 fully saturated rings. The molecule has 0 saturated heterocycles. The van der Waals surface area contributed by atoms with Crippen LogP contribution in [0.3, 0.4) is 0 Å². The maximum absolute atomic E-state index is 12.6. The summed E-state index contributed by atoms with van der Waals surface area (Å²) in [5.74, 6) is -3.83. The number of rotatable bonds is 2. The van der Waals surface area contributed by atoms with Crippen molar-refractivity contribution in [3.63, 3.8) is 0 Å². The minimum Gasteiger partial charge on any atom is -0.276 e. The van der Waals surface area contributed by atoms with Crippen molar-refractivity contribution < 1.29 is 49.1 Å². The lowest BCUT2D eigenvalue weighted by Crippen LogP contribution is -2.14. The summed E-state index contributed by atoms with van der Waals surface area (Å²) in [7, 11) is 0. The fourth-order valence-electron chi connectivity index (χ4n) is 1.80. The first kappa shape index (κ1) is 24.8. The first-order valence-corrected chi connectivity index (χ1v) is 7.64. The van der Waals surface area contributed by atoms with Crippen LogP contribution in [-0.4, -0.2) is 10.5 Å². The van der Waals surface area contributed by atoms with E-state index in [0.717, 1.165) is 0 Å². The Bertz CT molecular complexity index is 937. The van der Waals surface area contributed by atoms with Crippen LogP contribution in [0.2, 0.25) is 0 Å². The van der Waals surface area contributed by atoms with E-state index in [1.54, 1.807) is 0 Å². The molecule has 2 aromatic carbocycles. The molecule has 158 valence electrons. The molecular formula is C16H5Cl2F9O2. The second-order valence-corrected chi connectivity index (χ2v) is 5.74. The Labute approximate surface area is 165 Å². The van der Waals surface area contributed by atoms with E-state index in [2.05, 4.69) is 0 Å². The molecule has 0 aromatic heterocycles. The molecule has 0 aliphatic heterocycles. The van der Waals surface area contributed by atoms with Gasteiger partial charge in [-0.05, 0) is 47.5 Å². The normalized spacial score (nSPS) is 11.6. The Balaban J connectivity index is 0.000000308. The highest BCUT2D eigenvalue weighted by atomic mass is 35.5. The molecule has 0 N–H and O–H groups in total. The fourth-order valence-corrected chi connectivity index (χ4v) is 2.11. The number of alkyl halides is 6. The second-order valence-electron chi connectivity index (χ2n) is 5.05. The van der Waals surface area contributed by atoms with Crippen molar-refractivity contribution in [2.75, 3.05) is 0 Å². The molecule has 13 heteroatoms.